The van der Waals surface area contributed by atoms with Crippen LogP contribution in [-0.4, -0.2) is 41.2 Å². The van der Waals surface area contributed by atoms with Gasteiger partial charge in [0.05, 0.1) is 6.54 Å². The van der Waals surface area contributed by atoms with E-state index >= 15 is 0 Å². The van der Waals surface area contributed by atoms with E-state index in [1.807, 2.05) is 0 Å². The fourth-order valence-corrected chi connectivity index (χ4v) is 2.53. The van der Waals surface area contributed by atoms with Crippen molar-refractivity contribution >= 4 is 11.8 Å². The van der Waals surface area contributed by atoms with Crippen molar-refractivity contribution in [3.63, 3.8) is 0 Å². The molecule has 1 aliphatic rings. The molecule has 0 N–H and O–H groups in total. The van der Waals surface area contributed by atoms with Gasteiger partial charge in [-0.2, -0.15) is 0 Å². The summed E-state index contributed by atoms with van der Waals surface area (Å²) in [6.45, 7) is 4.82. The van der Waals surface area contributed by atoms with Crippen molar-refractivity contribution in [3.8, 4) is 0 Å². The van der Waals surface area contributed by atoms with Crippen LogP contribution in [0.15, 0.2) is 36.9 Å². The lowest BCUT2D eigenvalue weighted by atomic mass is 10.1. The van der Waals surface area contributed by atoms with Crippen molar-refractivity contribution in [1.82, 2.24) is 9.80 Å². The van der Waals surface area contributed by atoms with Crippen LogP contribution in [0, 0.1) is 5.82 Å². The van der Waals surface area contributed by atoms with Crippen LogP contribution < -0.4 is 0 Å². The van der Waals surface area contributed by atoms with E-state index in [1.165, 1.54) is 11.0 Å². The van der Waals surface area contributed by atoms with Gasteiger partial charge in [0.2, 0.25) is 11.8 Å². The number of hydrogen-bond donors (Lipinski definition) is 0. The zero-order valence-corrected chi connectivity index (χ0v) is 12.6. The van der Waals surface area contributed by atoms with Crippen molar-refractivity contribution in [2.45, 2.75) is 25.8 Å². The highest BCUT2D eigenvalue weighted by atomic mass is 19.1. The van der Waals surface area contributed by atoms with Crippen molar-refractivity contribution in [3.05, 3.63) is 48.3 Å². The summed E-state index contributed by atoms with van der Waals surface area (Å²) in [5.74, 6) is -0.499. The van der Waals surface area contributed by atoms with E-state index in [0.717, 1.165) is 12.8 Å². The summed E-state index contributed by atoms with van der Waals surface area (Å²) in [5.41, 5.74) is 0.461. The molecule has 1 heterocycles. The second-order valence-corrected chi connectivity index (χ2v) is 5.43. The third-order valence-electron chi connectivity index (χ3n) is 3.77. The van der Waals surface area contributed by atoms with Crippen molar-refractivity contribution in [1.29, 1.82) is 0 Å². The Morgan fingerprint density at radius 3 is 2.82 bits per heavy atom. The number of hydrogen-bond acceptors (Lipinski definition) is 2. The van der Waals surface area contributed by atoms with Gasteiger partial charge in [-0.25, -0.2) is 4.39 Å². The lowest BCUT2D eigenvalue weighted by Crippen LogP contribution is -2.44. The molecule has 0 saturated carbocycles. The fourth-order valence-electron chi connectivity index (χ4n) is 2.53. The fraction of sp³-hybridized carbons (Fsp3) is 0.412. The number of carbonyl (C=O) groups excluding carboxylic acids is 2. The van der Waals surface area contributed by atoms with Gasteiger partial charge < -0.3 is 9.80 Å². The molecule has 4 nitrogen and oxygen atoms in total. The standard InChI is InChI=1S/C17H21FN2O2/c1-2-10-19(12-14-7-3-4-8-15(14)18)17(22)13-20-11-6-5-9-16(20)21/h2-4,7-8H,1,5-6,9-13H2. The average Bonchev–Trinajstić information content (AvgIpc) is 2.51. The molecule has 1 fully saturated rings. The molecule has 1 aliphatic heterocycles. The molecule has 0 aromatic heterocycles. The largest absolute Gasteiger partial charge is 0.333 e. The Morgan fingerprint density at radius 1 is 1.36 bits per heavy atom. The van der Waals surface area contributed by atoms with Crippen LogP contribution in [0.5, 0.6) is 0 Å². The lowest BCUT2D eigenvalue weighted by molar-refractivity contribution is -0.142. The minimum atomic E-state index is -0.335. The first-order chi connectivity index (χ1) is 10.6. The SMILES string of the molecule is C=CCN(Cc1ccccc1F)C(=O)CN1CCCCC1=O. The van der Waals surface area contributed by atoms with Crippen LogP contribution in [0.2, 0.25) is 0 Å². The van der Waals surface area contributed by atoms with Crippen LogP contribution in [0.25, 0.3) is 0 Å². The highest BCUT2D eigenvalue weighted by Gasteiger charge is 2.23. The van der Waals surface area contributed by atoms with Gasteiger partial charge in [-0.3, -0.25) is 9.59 Å². The smallest absolute Gasteiger partial charge is 0.242 e. The van der Waals surface area contributed by atoms with Crippen LogP contribution in [0.3, 0.4) is 0 Å². The lowest BCUT2D eigenvalue weighted by Gasteiger charge is -2.29. The number of halogens is 1. The quantitative estimate of drug-likeness (QED) is 0.757. The van der Waals surface area contributed by atoms with Gasteiger partial charge in [0.1, 0.15) is 5.82 Å². The molecule has 1 aromatic rings. The third-order valence-corrected chi connectivity index (χ3v) is 3.77. The van der Waals surface area contributed by atoms with Gasteiger partial charge in [0.15, 0.2) is 0 Å². The molecule has 0 unspecified atom stereocenters. The molecule has 0 radical (unpaired) electrons. The Kier molecular flexibility index (Phi) is 5.69. The van der Waals surface area contributed by atoms with Crippen LogP contribution in [-0.2, 0) is 16.1 Å². The molecule has 0 atom stereocenters. The van der Waals surface area contributed by atoms with Crippen molar-refractivity contribution in [2.75, 3.05) is 19.6 Å². The number of amides is 2. The van der Waals surface area contributed by atoms with Gasteiger partial charge in [-0.05, 0) is 18.9 Å². The molecule has 1 saturated heterocycles. The van der Waals surface area contributed by atoms with E-state index in [2.05, 4.69) is 6.58 Å². The molecule has 0 bridgehead atoms. The van der Waals surface area contributed by atoms with E-state index in [1.54, 1.807) is 29.2 Å². The number of nitrogens with zero attached hydrogens (tertiary/aromatic N) is 2. The predicted molar refractivity (Wildman–Crippen MR) is 82.4 cm³/mol. The topological polar surface area (TPSA) is 40.6 Å². The Hall–Kier alpha value is -2.17. The first kappa shape index (κ1) is 16.2. The average molecular weight is 304 g/mol. The second-order valence-electron chi connectivity index (χ2n) is 5.43. The number of carbonyl (C=O) groups is 2. The van der Waals surface area contributed by atoms with Crippen LogP contribution >= 0.6 is 0 Å². The molecule has 5 heteroatoms. The number of benzene rings is 1. The normalized spacial score (nSPS) is 14.8. The van der Waals surface area contributed by atoms with E-state index in [4.69, 9.17) is 0 Å². The molecule has 0 aliphatic carbocycles. The van der Waals surface area contributed by atoms with Gasteiger partial charge in [0, 0.05) is 31.6 Å². The first-order valence-electron chi connectivity index (χ1n) is 7.51. The molecular formula is C17H21FN2O2. The van der Waals surface area contributed by atoms with Crippen LogP contribution in [0.4, 0.5) is 4.39 Å². The minimum Gasteiger partial charge on any atom is -0.333 e. The molecular weight excluding hydrogens is 283 g/mol. The third kappa shape index (κ3) is 4.16. The van der Waals surface area contributed by atoms with Crippen molar-refractivity contribution in [2.24, 2.45) is 0 Å². The number of likely N-dealkylation sites (tertiary alicyclic amines) is 1. The zero-order chi connectivity index (χ0) is 15.9. The molecule has 118 valence electrons. The predicted octanol–water partition coefficient (Wildman–Crippen LogP) is 2.35. The summed E-state index contributed by atoms with van der Waals surface area (Å²) >= 11 is 0. The zero-order valence-electron chi connectivity index (χ0n) is 12.6. The summed E-state index contributed by atoms with van der Waals surface area (Å²) in [4.78, 5) is 27.3. The maximum Gasteiger partial charge on any atom is 0.242 e. The highest BCUT2D eigenvalue weighted by Crippen LogP contribution is 2.13. The van der Waals surface area contributed by atoms with E-state index in [-0.39, 0.29) is 30.7 Å². The summed E-state index contributed by atoms with van der Waals surface area (Å²) < 4.78 is 13.7. The molecule has 0 spiro atoms. The molecule has 1 aromatic carbocycles. The van der Waals surface area contributed by atoms with Crippen molar-refractivity contribution < 1.29 is 14.0 Å². The molecule has 2 amide bonds. The van der Waals surface area contributed by atoms with Crippen LogP contribution in [0.1, 0.15) is 24.8 Å². The Balaban J connectivity index is 2.03. The first-order valence-corrected chi connectivity index (χ1v) is 7.51. The summed E-state index contributed by atoms with van der Waals surface area (Å²) in [6.07, 6.45) is 3.92. The molecule has 22 heavy (non-hydrogen) atoms. The van der Waals surface area contributed by atoms with E-state index in [9.17, 15) is 14.0 Å². The minimum absolute atomic E-state index is 0.0176. The number of piperidine rings is 1. The van der Waals surface area contributed by atoms with Gasteiger partial charge in [0.25, 0.3) is 0 Å². The van der Waals surface area contributed by atoms with Gasteiger partial charge in [-0.1, -0.05) is 24.3 Å². The second kappa shape index (κ2) is 7.73. The Bertz CT molecular complexity index is 559. The van der Waals surface area contributed by atoms with E-state index in [0.29, 0.717) is 25.1 Å². The van der Waals surface area contributed by atoms with E-state index < -0.39 is 0 Å². The maximum atomic E-state index is 13.7. The summed E-state index contributed by atoms with van der Waals surface area (Å²) in [6, 6.07) is 6.39. The van der Waals surface area contributed by atoms with Gasteiger partial charge in [-0.15, -0.1) is 6.58 Å². The van der Waals surface area contributed by atoms with Gasteiger partial charge >= 0.3 is 0 Å². The Labute approximate surface area is 130 Å². The highest BCUT2D eigenvalue weighted by molar-refractivity contribution is 5.85. The Morgan fingerprint density at radius 2 is 2.14 bits per heavy atom. The molecule has 2 rings (SSSR count). The number of rotatable bonds is 6. The summed E-state index contributed by atoms with van der Waals surface area (Å²) in [5, 5.41) is 0. The monoisotopic (exact) mass is 304 g/mol. The summed E-state index contributed by atoms with van der Waals surface area (Å²) in [7, 11) is 0. The maximum absolute atomic E-state index is 13.7.